The number of nitrogens with zero attached hydrogens (tertiary/aromatic N) is 1. The van der Waals surface area contributed by atoms with Crippen LogP contribution in [0.5, 0.6) is 0 Å². The van der Waals surface area contributed by atoms with Crippen LogP contribution < -0.4 is 10.2 Å². The van der Waals surface area contributed by atoms with Crippen molar-refractivity contribution in [1.82, 2.24) is 5.32 Å². The third kappa shape index (κ3) is 4.89. The fraction of sp³-hybridized carbons (Fsp3) is 0.148. The van der Waals surface area contributed by atoms with Crippen LogP contribution in [0.2, 0.25) is 5.02 Å². The molecule has 0 aliphatic carbocycles. The summed E-state index contributed by atoms with van der Waals surface area (Å²) in [6.07, 6.45) is 2.13. The fourth-order valence-corrected chi connectivity index (χ4v) is 4.20. The van der Waals surface area contributed by atoms with Crippen molar-refractivity contribution >= 4 is 41.2 Å². The number of barbiturate groups is 1. The topological polar surface area (TPSA) is 66.5 Å². The number of rotatable bonds is 4. The van der Waals surface area contributed by atoms with Crippen LogP contribution in [0.15, 0.2) is 66.2 Å². The Morgan fingerprint density at radius 2 is 1.52 bits per heavy atom. The molecule has 6 heteroatoms. The number of imide groups is 2. The molecule has 166 valence electrons. The normalized spacial score (nSPS) is 15.2. The first-order chi connectivity index (χ1) is 15.7. The molecule has 1 saturated heterocycles. The molecule has 5 nitrogen and oxygen atoms in total. The summed E-state index contributed by atoms with van der Waals surface area (Å²) in [5.74, 6) is -1.41. The number of carbonyl (C=O) groups is 3. The second kappa shape index (κ2) is 9.04. The predicted molar refractivity (Wildman–Crippen MR) is 130 cm³/mol. The van der Waals surface area contributed by atoms with E-state index in [4.69, 9.17) is 11.6 Å². The Kier molecular flexibility index (Phi) is 6.16. The molecule has 0 bridgehead atoms. The van der Waals surface area contributed by atoms with E-state index in [2.05, 4.69) is 37.4 Å². The van der Waals surface area contributed by atoms with Gasteiger partial charge in [0.2, 0.25) is 0 Å². The van der Waals surface area contributed by atoms with Crippen molar-refractivity contribution in [3.63, 3.8) is 0 Å². The van der Waals surface area contributed by atoms with Gasteiger partial charge >= 0.3 is 6.03 Å². The Bertz CT molecular complexity index is 1290. The number of urea groups is 1. The molecule has 0 saturated carbocycles. The van der Waals surface area contributed by atoms with Crippen molar-refractivity contribution in [3.05, 3.63) is 105 Å². The van der Waals surface area contributed by atoms with E-state index in [1.165, 1.54) is 17.2 Å². The number of carbonyl (C=O) groups excluding carboxylic acids is 3. The van der Waals surface area contributed by atoms with E-state index < -0.39 is 17.8 Å². The second-order valence-electron chi connectivity index (χ2n) is 8.32. The molecule has 0 unspecified atom stereocenters. The minimum absolute atomic E-state index is 0.131. The SMILES string of the molecule is Cc1ccc(N2C(=O)NC(=O)/C(=C\c3ccc(Cc4cc(C)cc(C)c4)c(Cl)c3)C2=O)cc1. The number of benzene rings is 3. The highest BCUT2D eigenvalue weighted by atomic mass is 35.5. The highest BCUT2D eigenvalue weighted by Crippen LogP contribution is 2.26. The van der Waals surface area contributed by atoms with Crippen LogP contribution in [0.1, 0.15) is 33.4 Å². The van der Waals surface area contributed by atoms with Crippen molar-refractivity contribution in [2.45, 2.75) is 27.2 Å². The average Bonchev–Trinajstić information content (AvgIpc) is 2.73. The molecule has 4 amide bonds. The smallest absolute Gasteiger partial charge is 0.273 e. The zero-order valence-corrected chi connectivity index (χ0v) is 19.4. The lowest BCUT2D eigenvalue weighted by Gasteiger charge is -2.26. The first-order valence-corrected chi connectivity index (χ1v) is 10.9. The van der Waals surface area contributed by atoms with Crippen LogP contribution in [-0.2, 0) is 16.0 Å². The molecule has 4 rings (SSSR count). The van der Waals surface area contributed by atoms with Gasteiger partial charge < -0.3 is 0 Å². The van der Waals surface area contributed by atoms with Gasteiger partial charge in [0.25, 0.3) is 11.8 Å². The van der Waals surface area contributed by atoms with Gasteiger partial charge in [-0.2, -0.15) is 0 Å². The van der Waals surface area contributed by atoms with E-state index in [0.717, 1.165) is 21.6 Å². The third-order valence-corrected chi connectivity index (χ3v) is 5.81. The number of anilines is 1. The third-order valence-electron chi connectivity index (χ3n) is 5.46. The van der Waals surface area contributed by atoms with Crippen LogP contribution in [0, 0.1) is 20.8 Å². The van der Waals surface area contributed by atoms with Gasteiger partial charge in [-0.05, 0) is 68.2 Å². The van der Waals surface area contributed by atoms with Gasteiger partial charge in [0.15, 0.2) is 0 Å². The monoisotopic (exact) mass is 458 g/mol. The van der Waals surface area contributed by atoms with Gasteiger partial charge in [-0.1, -0.05) is 70.8 Å². The maximum Gasteiger partial charge on any atom is 0.335 e. The molecule has 3 aromatic carbocycles. The number of aryl methyl sites for hydroxylation is 3. The maximum atomic E-state index is 13.0. The van der Waals surface area contributed by atoms with Crippen molar-refractivity contribution in [2.75, 3.05) is 4.90 Å². The summed E-state index contributed by atoms with van der Waals surface area (Å²) in [5, 5.41) is 2.78. The quantitative estimate of drug-likeness (QED) is 0.413. The van der Waals surface area contributed by atoms with Gasteiger partial charge in [-0.15, -0.1) is 0 Å². The molecule has 1 fully saturated rings. The van der Waals surface area contributed by atoms with Gasteiger partial charge in [-0.25, -0.2) is 9.69 Å². The highest BCUT2D eigenvalue weighted by Gasteiger charge is 2.36. The van der Waals surface area contributed by atoms with E-state index in [-0.39, 0.29) is 5.57 Å². The van der Waals surface area contributed by atoms with E-state index >= 15 is 0 Å². The molecule has 33 heavy (non-hydrogen) atoms. The Balaban J connectivity index is 1.62. The average molecular weight is 459 g/mol. The van der Waals surface area contributed by atoms with Crippen molar-refractivity contribution in [2.24, 2.45) is 0 Å². The van der Waals surface area contributed by atoms with Gasteiger partial charge in [0.05, 0.1) is 5.69 Å². The van der Waals surface area contributed by atoms with Crippen LogP contribution in [0.25, 0.3) is 6.08 Å². The number of halogens is 1. The predicted octanol–water partition coefficient (Wildman–Crippen LogP) is 5.52. The lowest BCUT2D eigenvalue weighted by molar-refractivity contribution is -0.122. The van der Waals surface area contributed by atoms with Gasteiger partial charge in [0.1, 0.15) is 5.57 Å². The lowest BCUT2D eigenvalue weighted by atomic mass is 9.99. The standard InChI is InChI=1S/C27H23ClN2O3/c1-16-4-8-22(9-5-16)30-26(32)23(25(31)29-27(30)33)14-19-6-7-21(24(28)15-19)13-20-11-17(2)10-18(3)12-20/h4-12,14-15H,13H2,1-3H3,(H,29,31,33)/b23-14+. The van der Waals surface area contributed by atoms with Crippen LogP contribution in [0.4, 0.5) is 10.5 Å². The summed E-state index contributed by atoms with van der Waals surface area (Å²) < 4.78 is 0. The minimum Gasteiger partial charge on any atom is -0.273 e. The van der Waals surface area contributed by atoms with E-state index in [9.17, 15) is 14.4 Å². The first kappa shape index (κ1) is 22.5. The van der Waals surface area contributed by atoms with Crippen molar-refractivity contribution in [3.8, 4) is 0 Å². The van der Waals surface area contributed by atoms with E-state index in [1.54, 1.807) is 30.3 Å². The lowest BCUT2D eigenvalue weighted by Crippen LogP contribution is -2.54. The molecule has 0 aromatic heterocycles. The number of amides is 4. The summed E-state index contributed by atoms with van der Waals surface area (Å²) in [4.78, 5) is 38.8. The first-order valence-electron chi connectivity index (χ1n) is 10.5. The van der Waals surface area contributed by atoms with Crippen LogP contribution in [-0.4, -0.2) is 17.8 Å². The summed E-state index contributed by atoms with van der Waals surface area (Å²) in [6.45, 7) is 6.03. The van der Waals surface area contributed by atoms with E-state index in [0.29, 0.717) is 22.7 Å². The molecule has 1 aliphatic rings. The van der Waals surface area contributed by atoms with Crippen molar-refractivity contribution in [1.29, 1.82) is 0 Å². The zero-order valence-electron chi connectivity index (χ0n) is 18.6. The van der Waals surface area contributed by atoms with Crippen LogP contribution >= 0.6 is 11.6 Å². The minimum atomic E-state index is -0.771. The second-order valence-corrected chi connectivity index (χ2v) is 8.72. The van der Waals surface area contributed by atoms with E-state index in [1.807, 2.05) is 19.1 Å². The summed E-state index contributed by atoms with van der Waals surface area (Å²) >= 11 is 6.53. The largest absolute Gasteiger partial charge is 0.335 e. The molecule has 0 radical (unpaired) electrons. The molecule has 1 heterocycles. The molecule has 3 aromatic rings. The van der Waals surface area contributed by atoms with Gasteiger partial charge in [-0.3, -0.25) is 14.9 Å². The van der Waals surface area contributed by atoms with Crippen LogP contribution in [0.3, 0.4) is 0 Å². The van der Waals surface area contributed by atoms with Crippen molar-refractivity contribution < 1.29 is 14.4 Å². The Morgan fingerprint density at radius 3 is 2.15 bits per heavy atom. The fourth-order valence-electron chi connectivity index (χ4n) is 3.94. The Hall–Kier alpha value is -3.70. The summed E-state index contributed by atoms with van der Waals surface area (Å²) in [5.41, 5.74) is 6.34. The molecule has 1 N–H and O–H groups in total. The Morgan fingerprint density at radius 1 is 0.848 bits per heavy atom. The molecular weight excluding hydrogens is 436 g/mol. The molecular formula is C27H23ClN2O3. The Labute approximate surface area is 197 Å². The summed E-state index contributed by atoms with van der Waals surface area (Å²) in [7, 11) is 0. The highest BCUT2D eigenvalue weighted by molar-refractivity contribution is 6.39. The van der Waals surface area contributed by atoms with Gasteiger partial charge in [0, 0.05) is 5.02 Å². The molecule has 0 spiro atoms. The number of nitrogens with one attached hydrogen (secondary N) is 1. The molecule has 0 atom stereocenters. The maximum absolute atomic E-state index is 13.0. The summed E-state index contributed by atoms with van der Waals surface area (Å²) in [6, 6.07) is 17.9. The zero-order chi connectivity index (χ0) is 23.7. The number of hydrogen-bond donors (Lipinski definition) is 1. The number of hydrogen-bond acceptors (Lipinski definition) is 3. The molecule has 1 aliphatic heterocycles.